The van der Waals surface area contributed by atoms with Crippen LogP contribution in [0.1, 0.15) is 60.3 Å². The van der Waals surface area contributed by atoms with Gasteiger partial charge in [0.05, 0.1) is 66.4 Å². The van der Waals surface area contributed by atoms with Gasteiger partial charge in [0, 0.05) is 73.7 Å². The predicted molar refractivity (Wildman–Crippen MR) is 176 cm³/mol. The van der Waals surface area contributed by atoms with E-state index >= 15 is 0 Å². The van der Waals surface area contributed by atoms with E-state index in [1.54, 1.807) is 41.7 Å². The third-order valence-corrected chi connectivity index (χ3v) is 8.29. The second-order valence-electron chi connectivity index (χ2n) is 12.5. The molecule has 1 aliphatic heterocycles. The first-order valence-electron chi connectivity index (χ1n) is 16.5. The molecule has 0 atom stereocenters. The van der Waals surface area contributed by atoms with Gasteiger partial charge >= 0.3 is 12.1 Å². The number of carbonyl (C=O) groups is 7. The van der Waals surface area contributed by atoms with Crippen LogP contribution in [0.15, 0.2) is 22.3 Å². The second-order valence-corrected chi connectivity index (χ2v) is 12.5. The highest BCUT2D eigenvalue weighted by Crippen LogP contribution is 2.39. The number of hydrogen-bond acceptors (Lipinski definition) is 13. The van der Waals surface area contributed by atoms with Crippen LogP contribution in [0.5, 0.6) is 0 Å². The molecule has 0 radical (unpaired) electrons. The van der Waals surface area contributed by atoms with E-state index < -0.39 is 29.3 Å². The summed E-state index contributed by atoms with van der Waals surface area (Å²) in [5, 5.41) is 0.497. The first-order valence-corrected chi connectivity index (χ1v) is 16.5. The highest BCUT2D eigenvalue weighted by Gasteiger charge is 2.39. The molecule has 0 aromatic carbocycles. The third kappa shape index (κ3) is 12.7. The van der Waals surface area contributed by atoms with Crippen molar-refractivity contribution in [2.45, 2.75) is 60.3 Å². The molecule has 16 heteroatoms. The van der Waals surface area contributed by atoms with Crippen LogP contribution in [-0.2, 0) is 57.3 Å². The molecular formula is C34H51N3O13. The van der Waals surface area contributed by atoms with Gasteiger partial charge in [0.1, 0.15) is 0 Å². The summed E-state index contributed by atoms with van der Waals surface area (Å²) in [5.41, 5.74) is 0.677. The molecule has 1 saturated heterocycles. The highest BCUT2D eigenvalue weighted by molar-refractivity contribution is 6.25. The van der Waals surface area contributed by atoms with Crippen molar-refractivity contribution in [2.75, 3.05) is 86.6 Å². The van der Waals surface area contributed by atoms with Crippen molar-refractivity contribution in [3.05, 3.63) is 22.3 Å². The molecule has 0 saturated carbocycles. The monoisotopic (exact) mass is 709 g/mol. The van der Waals surface area contributed by atoms with E-state index in [4.69, 9.17) is 28.5 Å². The number of hydrogen-bond donors (Lipinski definition) is 0. The predicted octanol–water partition coefficient (Wildman–Crippen LogP) is 1.80. The Balaban J connectivity index is 1.57. The zero-order valence-electron chi connectivity index (χ0n) is 30.3. The molecule has 0 unspecified atom stereocenters. The fourth-order valence-corrected chi connectivity index (χ4v) is 5.23. The summed E-state index contributed by atoms with van der Waals surface area (Å²) in [6.45, 7) is 11.1. The number of rotatable bonds is 22. The molecule has 0 N–H and O–H groups in total. The van der Waals surface area contributed by atoms with Crippen molar-refractivity contribution in [1.29, 1.82) is 0 Å². The number of hydroxylamine groups is 2. The quantitative estimate of drug-likeness (QED) is 0.0902. The van der Waals surface area contributed by atoms with Crippen molar-refractivity contribution in [2.24, 2.45) is 5.41 Å². The van der Waals surface area contributed by atoms with Gasteiger partial charge in [-0.1, -0.05) is 13.8 Å². The molecule has 2 rings (SSSR count). The Kier molecular flexibility index (Phi) is 17.4. The minimum Gasteiger partial charge on any atom is -0.453 e. The van der Waals surface area contributed by atoms with E-state index in [1.165, 1.54) is 16.9 Å². The minimum atomic E-state index is -0.871. The summed E-state index contributed by atoms with van der Waals surface area (Å²) in [5.74, 6) is -2.43. The molecule has 1 heterocycles. The lowest BCUT2D eigenvalue weighted by atomic mass is 9.71. The number of carbonyl (C=O) groups excluding carboxylic acids is 7. The number of nitrogens with zero attached hydrogens (tertiary/aromatic N) is 3. The molecule has 0 aromatic rings. The minimum absolute atomic E-state index is 0.00833. The lowest BCUT2D eigenvalue weighted by molar-refractivity contribution is -0.198. The Labute approximate surface area is 292 Å². The Morgan fingerprint density at radius 2 is 1.20 bits per heavy atom. The lowest BCUT2D eigenvalue weighted by Crippen LogP contribution is -2.42. The number of Topliss-reactive ketones (excluding diaryl/α,β-unsaturated/α-hetero) is 2. The summed E-state index contributed by atoms with van der Waals surface area (Å²) >= 11 is 0. The smallest absolute Gasteiger partial charge is 0.409 e. The van der Waals surface area contributed by atoms with Crippen molar-refractivity contribution in [3.8, 4) is 0 Å². The van der Waals surface area contributed by atoms with Crippen LogP contribution in [0, 0.1) is 5.41 Å². The van der Waals surface area contributed by atoms with Crippen LogP contribution in [0.3, 0.4) is 0 Å². The largest absolute Gasteiger partial charge is 0.453 e. The lowest BCUT2D eigenvalue weighted by Gasteiger charge is -2.33. The Hall–Kier alpha value is -3.99. The number of ether oxygens (including phenoxy) is 5. The first-order chi connectivity index (χ1) is 23.6. The van der Waals surface area contributed by atoms with E-state index in [-0.39, 0.29) is 95.8 Å². The van der Waals surface area contributed by atoms with Gasteiger partial charge in [-0.3, -0.25) is 24.0 Å². The molecule has 16 nitrogen and oxygen atoms in total. The van der Waals surface area contributed by atoms with E-state index in [0.29, 0.717) is 47.2 Å². The molecule has 50 heavy (non-hydrogen) atoms. The summed E-state index contributed by atoms with van der Waals surface area (Å²) in [7, 11) is 2.89. The fraction of sp³-hybridized carbons (Fsp3) is 0.676. The number of amides is 4. The average Bonchev–Trinajstić information content (AvgIpc) is 3.38. The maximum absolute atomic E-state index is 13.1. The Morgan fingerprint density at radius 1 is 0.700 bits per heavy atom. The van der Waals surface area contributed by atoms with E-state index in [0.717, 1.165) is 0 Å². The van der Waals surface area contributed by atoms with Gasteiger partial charge < -0.3 is 38.3 Å². The van der Waals surface area contributed by atoms with Crippen LogP contribution >= 0.6 is 0 Å². The van der Waals surface area contributed by atoms with Crippen LogP contribution in [0.25, 0.3) is 0 Å². The molecule has 2 aliphatic rings. The second kappa shape index (κ2) is 20.6. The molecule has 1 fully saturated rings. The molecule has 4 amide bonds. The zero-order valence-corrected chi connectivity index (χ0v) is 30.3. The van der Waals surface area contributed by atoms with Gasteiger partial charge in [-0.05, 0) is 20.8 Å². The van der Waals surface area contributed by atoms with Gasteiger partial charge in [-0.15, -0.1) is 5.06 Å². The summed E-state index contributed by atoms with van der Waals surface area (Å²) in [6, 6.07) is 0. The Bertz CT molecular complexity index is 1320. The summed E-state index contributed by atoms with van der Waals surface area (Å²) in [6.07, 6.45) is -0.599. The van der Waals surface area contributed by atoms with Crippen molar-refractivity contribution in [1.82, 2.24) is 14.9 Å². The number of methoxy groups -OCH3 is 1. The standard InChI is InChI=1S/C34H51N3O13/c1-23-24(2)32(43)30(25(3)31(23)42)34(4,5)22-28(40)35(6)11-12-36(33(44)45-7)13-15-47-17-19-49-21-20-48-18-16-46-14-10-29(41)50-37-26(38)8-9-27(37)39/h8-22H2,1-7H3. The van der Waals surface area contributed by atoms with Crippen LogP contribution in [-0.4, -0.2) is 143 Å². The van der Waals surface area contributed by atoms with Crippen LogP contribution in [0.2, 0.25) is 0 Å². The van der Waals surface area contributed by atoms with Crippen LogP contribution < -0.4 is 0 Å². The number of imide groups is 1. The molecule has 1 aliphatic carbocycles. The van der Waals surface area contributed by atoms with E-state index in [9.17, 15) is 33.6 Å². The number of ketones is 2. The zero-order chi connectivity index (χ0) is 37.4. The maximum Gasteiger partial charge on any atom is 0.409 e. The van der Waals surface area contributed by atoms with Crippen molar-refractivity contribution in [3.63, 3.8) is 0 Å². The maximum atomic E-state index is 13.1. The Morgan fingerprint density at radius 3 is 1.74 bits per heavy atom. The van der Waals surface area contributed by atoms with Gasteiger partial charge in [-0.2, -0.15) is 0 Å². The van der Waals surface area contributed by atoms with Gasteiger partial charge in [0.25, 0.3) is 11.8 Å². The van der Waals surface area contributed by atoms with E-state index in [1.807, 2.05) is 0 Å². The number of likely N-dealkylation sites (N-methyl/N-ethyl adjacent to an activating group) is 1. The van der Waals surface area contributed by atoms with Crippen molar-refractivity contribution >= 4 is 41.4 Å². The van der Waals surface area contributed by atoms with Gasteiger partial charge in [0.2, 0.25) is 5.91 Å². The molecule has 0 spiro atoms. The molecule has 0 bridgehead atoms. The van der Waals surface area contributed by atoms with E-state index in [2.05, 4.69) is 0 Å². The molecule has 0 aromatic heterocycles. The van der Waals surface area contributed by atoms with Crippen molar-refractivity contribution < 1.29 is 62.1 Å². The first kappa shape index (κ1) is 42.2. The van der Waals surface area contributed by atoms with Gasteiger partial charge in [0.15, 0.2) is 11.6 Å². The number of allylic oxidation sites excluding steroid dienone is 4. The third-order valence-electron chi connectivity index (χ3n) is 8.29. The summed E-state index contributed by atoms with van der Waals surface area (Å²) < 4.78 is 26.6. The SMILES string of the molecule is COC(=O)N(CCOCCOCCOCCOCCC(=O)ON1C(=O)CCC1=O)CCN(C)C(=O)CC(C)(C)C1=C(C)C(=O)C(C)=C(C)C1=O. The average molecular weight is 710 g/mol. The van der Waals surface area contributed by atoms with Crippen LogP contribution in [0.4, 0.5) is 4.79 Å². The fourth-order valence-electron chi connectivity index (χ4n) is 5.23. The van der Waals surface area contributed by atoms with Gasteiger partial charge in [-0.25, -0.2) is 9.59 Å². The molecular weight excluding hydrogens is 658 g/mol. The summed E-state index contributed by atoms with van der Waals surface area (Å²) in [4.78, 5) is 93.4. The normalized spacial score (nSPS) is 15.3. The highest BCUT2D eigenvalue weighted by atomic mass is 16.7. The topological polar surface area (TPSA) is 185 Å². The molecule has 280 valence electrons.